The van der Waals surface area contributed by atoms with Gasteiger partial charge in [0.1, 0.15) is 0 Å². The van der Waals surface area contributed by atoms with Crippen molar-refractivity contribution in [3.8, 4) is 0 Å². The molecule has 1 saturated carbocycles. The molecule has 0 bridgehead atoms. The predicted octanol–water partition coefficient (Wildman–Crippen LogP) is 3.61. The number of benzene rings is 1. The van der Waals surface area contributed by atoms with Crippen LogP contribution in [0.15, 0.2) is 18.2 Å². The molecule has 0 unspecified atom stereocenters. The maximum Gasteiger partial charge on any atom is 0.0479 e. The fraction of sp³-hybridized carbons (Fsp3) is 0.455. The van der Waals surface area contributed by atoms with Crippen LogP contribution in [0.3, 0.4) is 0 Å². The largest absolute Gasteiger partial charge is 0.122 e. The Kier molecular flexibility index (Phi) is 2.10. The predicted molar refractivity (Wildman–Crippen MR) is 52.7 cm³/mol. The van der Waals surface area contributed by atoms with E-state index in [2.05, 4.69) is 25.1 Å². The maximum atomic E-state index is 5.91. The van der Waals surface area contributed by atoms with Crippen LogP contribution in [0.2, 0.25) is 0 Å². The molecule has 0 N–H and O–H groups in total. The lowest BCUT2D eigenvalue weighted by Gasteiger charge is -2.08. The third kappa shape index (κ3) is 1.36. The Morgan fingerprint density at radius 2 is 2.17 bits per heavy atom. The van der Waals surface area contributed by atoms with Gasteiger partial charge >= 0.3 is 0 Å². The van der Waals surface area contributed by atoms with Gasteiger partial charge in [-0.3, -0.25) is 0 Å². The highest BCUT2D eigenvalue weighted by molar-refractivity contribution is 6.17. The van der Waals surface area contributed by atoms with Crippen LogP contribution in [-0.2, 0) is 5.88 Å². The highest BCUT2D eigenvalue weighted by atomic mass is 35.5. The monoisotopic (exact) mass is 180 g/mol. The van der Waals surface area contributed by atoms with Crippen LogP contribution in [0.1, 0.15) is 35.4 Å². The average molecular weight is 181 g/mol. The van der Waals surface area contributed by atoms with Crippen LogP contribution in [0.5, 0.6) is 0 Å². The number of hydrogen-bond acceptors (Lipinski definition) is 0. The van der Waals surface area contributed by atoms with Crippen LogP contribution in [0.4, 0.5) is 0 Å². The molecular formula is C11H13Cl. The molecule has 1 aromatic carbocycles. The summed E-state index contributed by atoms with van der Waals surface area (Å²) in [5, 5.41) is 0. The van der Waals surface area contributed by atoms with Gasteiger partial charge in [-0.1, -0.05) is 18.2 Å². The summed E-state index contributed by atoms with van der Waals surface area (Å²) < 4.78 is 0. The minimum Gasteiger partial charge on any atom is -0.122 e. The van der Waals surface area contributed by atoms with Crippen LogP contribution < -0.4 is 0 Å². The molecule has 0 aromatic heterocycles. The lowest BCUT2D eigenvalue weighted by atomic mass is 10.00. The van der Waals surface area contributed by atoms with Crippen LogP contribution >= 0.6 is 11.6 Å². The van der Waals surface area contributed by atoms with Gasteiger partial charge in [-0.2, -0.15) is 0 Å². The standard InChI is InChI=1S/C11H13Cl/c1-8-3-2-4-10(9-5-6-9)11(8)7-12/h2-4,9H,5-7H2,1H3. The molecule has 0 saturated heterocycles. The summed E-state index contributed by atoms with van der Waals surface area (Å²) in [4.78, 5) is 0. The Morgan fingerprint density at radius 1 is 1.42 bits per heavy atom. The molecule has 1 heteroatoms. The maximum absolute atomic E-state index is 5.91. The molecule has 0 radical (unpaired) electrons. The summed E-state index contributed by atoms with van der Waals surface area (Å²) in [6.07, 6.45) is 2.71. The van der Waals surface area contributed by atoms with Crippen molar-refractivity contribution >= 4 is 11.6 Å². The average Bonchev–Trinajstić information content (AvgIpc) is 2.86. The van der Waals surface area contributed by atoms with E-state index in [0.717, 1.165) is 5.92 Å². The quantitative estimate of drug-likeness (QED) is 0.610. The van der Waals surface area contributed by atoms with E-state index in [0.29, 0.717) is 5.88 Å². The van der Waals surface area contributed by atoms with E-state index in [1.807, 2.05) is 0 Å². The molecular weight excluding hydrogens is 168 g/mol. The molecule has 0 spiro atoms. The third-order valence-electron chi connectivity index (χ3n) is 2.60. The molecule has 2 rings (SSSR count). The molecule has 1 aliphatic carbocycles. The number of alkyl halides is 1. The summed E-state index contributed by atoms with van der Waals surface area (Å²) in [7, 11) is 0. The Morgan fingerprint density at radius 3 is 2.75 bits per heavy atom. The Labute approximate surface area is 78.6 Å². The van der Waals surface area contributed by atoms with Gasteiger partial charge in [-0.05, 0) is 42.4 Å². The van der Waals surface area contributed by atoms with Gasteiger partial charge < -0.3 is 0 Å². The lowest BCUT2D eigenvalue weighted by molar-refractivity contribution is 1.07. The topological polar surface area (TPSA) is 0 Å². The summed E-state index contributed by atoms with van der Waals surface area (Å²) in [5.41, 5.74) is 4.20. The normalized spacial score (nSPS) is 16.5. The molecule has 1 fully saturated rings. The van der Waals surface area contributed by atoms with E-state index in [1.165, 1.54) is 29.5 Å². The highest BCUT2D eigenvalue weighted by Gasteiger charge is 2.25. The van der Waals surface area contributed by atoms with Crippen molar-refractivity contribution in [1.29, 1.82) is 0 Å². The first kappa shape index (κ1) is 8.12. The molecule has 0 heterocycles. The molecule has 1 aliphatic rings. The first-order valence-electron chi connectivity index (χ1n) is 4.47. The van der Waals surface area contributed by atoms with E-state index in [9.17, 15) is 0 Å². The minimum absolute atomic E-state index is 0.665. The highest BCUT2D eigenvalue weighted by Crippen LogP contribution is 2.42. The van der Waals surface area contributed by atoms with Crippen molar-refractivity contribution in [2.24, 2.45) is 0 Å². The van der Waals surface area contributed by atoms with Gasteiger partial charge in [0.05, 0.1) is 0 Å². The number of rotatable bonds is 2. The zero-order chi connectivity index (χ0) is 8.55. The van der Waals surface area contributed by atoms with Crippen molar-refractivity contribution < 1.29 is 0 Å². The van der Waals surface area contributed by atoms with Gasteiger partial charge in [0, 0.05) is 5.88 Å². The van der Waals surface area contributed by atoms with E-state index in [4.69, 9.17) is 11.6 Å². The first-order valence-corrected chi connectivity index (χ1v) is 5.00. The number of hydrogen-bond donors (Lipinski definition) is 0. The molecule has 0 nitrogen and oxygen atoms in total. The zero-order valence-corrected chi connectivity index (χ0v) is 8.06. The Balaban J connectivity index is 2.43. The zero-order valence-electron chi connectivity index (χ0n) is 7.31. The minimum atomic E-state index is 0.665. The summed E-state index contributed by atoms with van der Waals surface area (Å²) >= 11 is 5.91. The summed E-state index contributed by atoms with van der Waals surface area (Å²) in [5.74, 6) is 1.48. The second kappa shape index (κ2) is 3.10. The SMILES string of the molecule is Cc1cccc(C2CC2)c1CCl. The van der Waals surface area contributed by atoms with Crippen LogP contribution in [-0.4, -0.2) is 0 Å². The van der Waals surface area contributed by atoms with Crippen molar-refractivity contribution in [3.63, 3.8) is 0 Å². The van der Waals surface area contributed by atoms with Crippen LogP contribution in [0, 0.1) is 6.92 Å². The molecule has 64 valence electrons. The van der Waals surface area contributed by atoms with E-state index in [-0.39, 0.29) is 0 Å². The van der Waals surface area contributed by atoms with Gasteiger partial charge in [0.25, 0.3) is 0 Å². The molecule has 0 aliphatic heterocycles. The fourth-order valence-electron chi connectivity index (χ4n) is 1.68. The first-order chi connectivity index (χ1) is 5.83. The van der Waals surface area contributed by atoms with Gasteiger partial charge in [-0.15, -0.1) is 11.6 Å². The van der Waals surface area contributed by atoms with E-state index >= 15 is 0 Å². The molecule has 0 amide bonds. The second-order valence-corrected chi connectivity index (χ2v) is 3.82. The number of halogens is 1. The molecule has 1 aromatic rings. The number of aryl methyl sites for hydroxylation is 1. The van der Waals surface area contributed by atoms with Gasteiger partial charge in [0.15, 0.2) is 0 Å². The molecule has 12 heavy (non-hydrogen) atoms. The van der Waals surface area contributed by atoms with Crippen LogP contribution in [0.25, 0.3) is 0 Å². The Hall–Kier alpha value is -0.490. The molecule has 0 atom stereocenters. The summed E-state index contributed by atoms with van der Waals surface area (Å²) in [6, 6.07) is 6.50. The van der Waals surface area contributed by atoms with E-state index < -0.39 is 0 Å². The van der Waals surface area contributed by atoms with Crippen molar-refractivity contribution in [2.75, 3.05) is 0 Å². The second-order valence-electron chi connectivity index (χ2n) is 3.55. The lowest BCUT2D eigenvalue weighted by Crippen LogP contribution is -1.92. The van der Waals surface area contributed by atoms with E-state index in [1.54, 1.807) is 0 Å². The van der Waals surface area contributed by atoms with Gasteiger partial charge in [0.2, 0.25) is 0 Å². The van der Waals surface area contributed by atoms with Crippen molar-refractivity contribution in [1.82, 2.24) is 0 Å². The fourth-order valence-corrected chi connectivity index (χ4v) is 2.05. The summed E-state index contributed by atoms with van der Waals surface area (Å²) in [6.45, 7) is 2.14. The van der Waals surface area contributed by atoms with Crippen molar-refractivity contribution in [3.05, 3.63) is 34.9 Å². The smallest absolute Gasteiger partial charge is 0.0479 e. The van der Waals surface area contributed by atoms with Crippen molar-refractivity contribution in [2.45, 2.75) is 31.6 Å². The van der Waals surface area contributed by atoms with Gasteiger partial charge in [-0.25, -0.2) is 0 Å². The third-order valence-corrected chi connectivity index (χ3v) is 2.86. The Bertz CT molecular complexity index is 287.